The van der Waals surface area contributed by atoms with Gasteiger partial charge in [-0.1, -0.05) is 25.1 Å². The number of hydrogen-bond acceptors (Lipinski definition) is 2. The van der Waals surface area contributed by atoms with Gasteiger partial charge in [0.05, 0.1) is 5.41 Å². The van der Waals surface area contributed by atoms with Crippen molar-refractivity contribution >= 4 is 11.6 Å². The Bertz CT molecular complexity index is 518. The lowest BCUT2D eigenvalue weighted by molar-refractivity contribution is -0.130. The summed E-state index contributed by atoms with van der Waals surface area (Å²) >= 11 is 0. The van der Waals surface area contributed by atoms with Gasteiger partial charge in [-0.05, 0) is 56.1 Å². The van der Waals surface area contributed by atoms with Gasteiger partial charge in [0.1, 0.15) is 0 Å². The molecule has 2 N–H and O–H groups in total. The quantitative estimate of drug-likeness (QED) is 0.908. The number of carbonyl (C=O) groups is 1. The van der Waals surface area contributed by atoms with Crippen LogP contribution < -0.4 is 10.6 Å². The maximum atomic E-state index is 13.2. The van der Waals surface area contributed by atoms with Gasteiger partial charge in [-0.25, -0.2) is 0 Å². The second-order valence-corrected chi connectivity index (χ2v) is 6.86. The third kappa shape index (κ3) is 2.59. The summed E-state index contributed by atoms with van der Waals surface area (Å²) in [6, 6.07) is 8.32. The van der Waals surface area contributed by atoms with Crippen molar-refractivity contribution in [3.63, 3.8) is 0 Å². The van der Waals surface area contributed by atoms with Crippen LogP contribution in [-0.4, -0.2) is 19.0 Å². The third-order valence-electron chi connectivity index (χ3n) is 5.43. The molecule has 0 radical (unpaired) electrons. The second-order valence-electron chi connectivity index (χ2n) is 6.86. The molecule has 21 heavy (non-hydrogen) atoms. The van der Waals surface area contributed by atoms with Crippen molar-refractivity contribution in [2.45, 2.75) is 45.4 Å². The Hall–Kier alpha value is -1.35. The standard InChI is InChI=1S/C18H26N2O/c1-14-8-10-18(13-19,11-9-14)17(21)20-12-4-6-15-5-2-3-7-16(15)20/h2-3,5,7,14H,4,6,8-13,19H2,1H3. The number of carbonyl (C=O) groups excluding carboxylic acids is 1. The topological polar surface area (TPSA) is 46.3 Å². The molecule has 1 aromatic carbocycles. The Balaban J connectivity index is 1.88. The normalized spacial score (nSPS) is 29.0. The number of amides is 1. The maximum absolute atomic E-state index is 13.2. The zero-order chi connectivity index (χ0) is 14.9. The minimum atomic E-state index is -0.322. The average molecular weight is 286 g/mol. The van der Waals surface area contributed by atoms with Crippen LogP contribution in [0.25, 0.3) is 0 Å². The van der Waals surface area contributed by atoms with Gasteiger partial charge in [0, 0.05) is 18.8 Å². The Morgan fingerprint density at radius 3 is 2.76 bits per heavy atom. The van der Waals surface area contributed by atoms with Crippen molar-refractivity contribution in [1.29, 1.82) is 0 Å². The molecule has 114 valence electrons. The predicted octanol–water partition coefficient (Wildman–Crippen LogP) is 3.12. The van der Waals surface area contributed by atoms with E-state index in [9.17, 15) is 4.79 Å². The van der Waals surface area contributed by atoms with Crippen molar-refractivity contribution < 1.29 is 4.79 Å². The van der Waals surface area contributed by atoms with Crippen molar-refractivity contribution in [3.8, 4) is 0 Å². The van der Waals surface area contributed by atoms with Crippen LogP contribution in [0, 0.1) is 11.3 Å². The van der Waals surface area contributed by atoms with Crippen LogP contribution in [-0.2, 0) is 11.2 Å². The molecule has 0 saturated heterocycles. The van der Waals surface area contributed by atoms with Gasteiger partial charge in [0.15, 0.2) is 0 Å². The molecule has 0 unspecified atom stereocenters. The molecule has 3 nitrogen and oxygen atoms in total. The molecule has 1 heterocycles. The molecule has 1 aliphatic heterocycles. The van der Waals surface area contributed by atoms with Crippen molar-refractivity contribution in [2.24, 2.45) is 17.1 Å². The SMILES string of the molecule is CC1CCC(CN)(C(=O)N2CCCc3ccccc32)CC1. The monoisotopic (exact) mass is 286 g/mol. The summed E-state index contributed by atoms with van der Waals surface area (Å²) in [6.07, 6.45) is 6.27. The van der Waals surface area contributed by atoms with Crippen molar-refractivity contribution in [3.05, 3.63) is 29.8 Å². The first-order valence-corrected chi connectivity index (χ1v) is 8.26. The molecule has 1 aliphatic carbocycles. The summed E-state index contributed by atoms with van der Waals surface area (Å²) in [5.74, 6) is 0.996. The van der Waals surface area contributed by atoms with Crippen LogP contribution in [0.4, 0.5) is 5.69 Å². The Morgan fingerprint density at radius 2 is 2.05 bits per heavy atom. The van der Waals surface area contributed by atoms with Gasteiger partial charge in [-0.3, -0.25) is 4.79 Å². The molecule has 0 atom stereocenters. The van der Waals surface area contributed by atoms with Crippen LogP contribution >= 0.6 is 0 Å². The van der Waals surface area contributed by atoms with E-state index in [0.29, 0.717) is 6.54 Å². The van der Waals surface area contributed by atoms with Gasteiger partial charge in [-0.2, -0.15) is 0 Å². The van der Waals surface area contributed by atoms with Gasteiger partial charge >= 0.3 is 0 Å². The zero-order valence-electron chi connectivity index (χ0n) is 13.0. The fourth-order valence-corrected chi connectivity index (χ4v) is 3.85. The lowest BCUT2D eigenvalue weighted by Crippen LogP contribution is -2.51. The smallest absolute Gasteiger partial charge is 0.234 e. The van der Waals surface area contributed by atoms with Crippen molar-refractivity contribution in [1.82, 2.24) is 0 Å². The van der Waals surface area contributed by atoms with E-state index in [1.165, 1.54) is 5.56 Å². The largest absolute Gasteiger partial charge is 0.329 e. The van der Waals surface area contributed by atoms with E-state index in [1.54, 1.807) is 0 Å². The highest BCUT2D eigenvalue weighted by Crippen LogP contribution is 2.41. The molecule has 3 rings (SSSR count). The van der Waals surface area contributed by atoms with E-state index in [4.69, 9.17) is 5.73 Å². The fraction of sp³-hybridized carbons (Fsp3) is 0.611. The molecule has 1 fully saturated rings. The highest BCUT2D eigenvalue weighted by atomic mass is 16.2. The molecular weight excluding hydrogens is 260 g/mol. The summed E-state index contributed by atoms with van der Waals surface area (Å²) in [5.41, 5.74) is 8.15. The van der Waals surface area contributed by atoms with Crippen molar-refractivity contribution in [2.75, 3.05) is 18.0 Å². The number of para-hydroxylation sites is 1. The molecule has 2 aliphatic rings. The second kappa shape index (κ2) is 5.80. The number of rotatable bonds is 2. The molecule has 3 heteroatoms. The van der Waals surface area contributed by atoms with Crippen LogP contribution in [0.5, 0.6) is 0 Å². The van der Waals surface area contributed by atoms with E-state index in [-0.39, 0.29) is 11.3 Å². The number of nitrogens with two attached hydrogens (primary N) is 1. The van der Waals surface area contributed by atoms with E-state index < -0.39 is 0 Å². The predicted molar refractivity (Wildman–Crippen MR) is 86.2 cm³/mol. The van der Waals surface area contributed by atoms with E-state index in [0.717, 1.165) is 56.7 Å². The lowest BCUT2D eigenvalue weighted by Gasteiger charge is -2.42. The third-order valence-corrected chi connectivity index (χ3v) is 5.43. The summed E-state index contributed by atoms with van der Waals surface area (Å²) in [5, 5.41) is 0. The minimum absolute atomic E-state index is 0.268. The molecular formula is C18H26N2O. The van der Waals surface area contributed by atoms with Gasteiger partial charge in [0.2, 0.25) is 5.91 Å². The molecule has 0 aromatic heterocycles. The number of hydrogen-bond donors (Lipinski definition) is 1. The highest BCUT2D eigenvalue weighted by molar-refractivity contribution is 5.98. The average Bonchev–Trinajstić information content (AvgIpc) is 2.55. The zero-order valence-corrected chi connectivity index (χ0v) is 13.0. The Labute approximate surface area is 127 Å². The molecule has 0 bridgehead atoms. The van der Waals surface area contributed by atoms with Crippen LogP contribution in [0.3, 0.4) is 0 Å². The molecule has 0 spiro atoms. The van der Waals surface area contributed by atoms with Crippen LogP contribution in [0.1, 0.15) is 44.6 Å². The number of nitrogens with zero attached hydrogens (tertiary/aromatic N) is 1. The number of aryl methyl sites for hydroxylation is 1. The summed E-state index contributed by atoms with van der Waals surface area (Å²) in [4.78, 5) is 15.2. The number of benzene rings is 1. The minimum Gasteiger partial charge on any atom is -0.329 e. The molecule has 1 aromatic rings. The van der Waals surface area contributed by atoms with Crippen LogP contribution in [0.15, 0.2) is 24.3 Å². The highest BCUT2D eigenvalue weighted by Gasteiger charge is 2.43. The first kappa shape index (κ1) is 14.6. The Morgan fingerprint density at radius 1 is 1.33 bits per heavy atom. The lowest BCUT2D eigenvalue weighted by atomic mass is 9.69. The molecule has 1 amide bonds. The fourth-order valence-electron chi connectivity index (χ4n) is 3.85. The van der Waals surface area contributed by atoms with E-state index in [1.807, 2.05) is 11.0 Å². The van der Waals surface area contributed by atoms with Gasteiger partial charge in [-0.15, -0.1) is 0 Å². The Kier molecular flexibility index (Phi) is 4.03. The number of anilines is 1. The summed E-state index contributed by atoms with van der Waals surface area (Å²) in [6.45, 7) is 3.60. The van der Waals surface area contributed by atoms with E-state index in [2.05, 4.69) is 25.1 Å². The maximum Gasteiger partial charge on any atom is 0.234 e. The van der Waals surface area contributed by atoms with E-state index >= 15 is 0 Å². The first-order valence-electron chi connectivity index (χ1n) is 8.26. The summed E-state index contributed by atoms with van der Waals surface area (Å²) in [7, 11) is 0. The first-order chi connectivity index (χ1) is 10.2. The van der Waals surface area contributed by atoms with Crippen LogP contribution in [0.2, 0.25) is 0 Å². The molecule has 1 saturated carbocycles. The van der Waals surface area contributed by atoms with Gasteiger partial charge < -0.3 is 10.6 Å². The summed E-state index contributed by atoms with van der Waals surface area (Å²) < 4.78 is 0. The van der Waals surface area contributed by atoms with Gasteiger partial charge in [0.25, 0.3) is 0 Å². The number of fused-ring (bicyclic) bond motifs is 1.